The molecule has 296 valence electrons. The lowest BCUT2D eigenvalue weighted by Crippen LogP contribution is -2.61. The molecule has 4 aliphatic rings. The monoisotopic (exact) mass is 730 g/mol. The number of aliphatic imine (C=N–C) groups is 1. The third kappa shape index (κ3) is 8.76. The van der Waals surface area contributed by atoms with Gasteiger partial charge in [-0.25, -0.2) is 4.99 Å². The van der Waals surface area contributed by atoms with E-state index >= 15 is 0 Å². The molecule has 18 atom stereocenters. The van der Waals surface area contributed by atoms with Gasteiger partial charge >= 0.3 is 5.97 Å². The number of cyclic esters (lactones) is 1. The first kappa shape index (κ1) is 42.3. The average molecular weight is 731 g/mol. The fourth-order valence-electron chi connectivity index (χ4n) is 8.66. The van der Waals surface area contributed by atoms with Crippen LogP contribution in [0.15, 0.2) is 4.99 Å². The SMILES string of the molecule is CCC1OC(=O)[C@H](C)C(O[C@H]2C[C@@](C)(OC)[C@@H](O)[C@H](C)O2)[C@H](C)[C@@H](O[C@@H]2O[C@H](C)C[C@H](N(C)C)[C@H]2O)[C@](C)(O)C[C@@H](C)C2=N[C@H](C)[C@@H](O2)[C@]1(C)O. The summed E-state index contributed by atoms with van der Waals surface area (Å²) in [5.74, 6) is -2.40. The molecule has 4 rings (SSSR count). The molecule has 0 amide bonds. The van der Waals surface area contributed by atoms with E-state index in [4.69, 9.17) is 38.2 Å². The van der Waals surface area contributed by atoms with E-state index in [1.807, 2.05) is 53.6 Å². The van der Waals surface area contributed by atoms with Crippen molar-refractivity contribution >= 4 is 11.9 Å². The van der Waals surface area contributed by atoms with Gasteiger partial charge in [0.1, 0.15) is 23.9 Å². The number of aliphatic hydroxyl groups is 4. The summed E-state index contributed by atoms with van der Waals surface area (Å²) in [6.45, 7) is 17.7. The van der Waals surface area contributed by atoms with Crippen LogP contribution in [0.5, 0.6) is 0 Å². The van der Waals surface area contributed by atoms with Crippen LogP contribution < -0.4 is 0 Å². The number of hydrogen-bond acceptors (Lipinski definition) is 14. The minimum atomic E-state index is -1.62. The van der Waals surface area contributed by atoms with Crippen LogP contribution in [0.1, 0.15) is 94.9 Å². The van der Waals surface area contributed by atoms with Gasteiger partial charge < -0.3 is 58.5 Å². The number of likely N-dealkylation sites (N-methyl/N-ethyl adjacent to an activating group) is 1. The highest BCUT2D eigenvalue weighted by atomic mass is 16.7. The molecule has 51 heavy (non-hydrogen) atoms. The van der Waals surface area contributed by atoms with Crippen molar-refractivity contribution in [2.24, 2.45) is 22.7 Å². The Morgan fingerprint density at radius 2 is 1.61 bits per heavy atom. The zero-order chi connectivity index (χ0) is 38.4. The van der Waals surface area contributed by atoms with Gasteiger partial charge in [0, 0.05) is 31.4 Å². The smallest absolute Gasteiger partial charge is 0.311 e. The molecule has 0 spiro atoms. The van der Waals surface area contributed by atoms with Crippen molar-refractivity contribution in [3.05, 3.63) is 0 Å². The zero-order valence-electron chi connectivity index (χ0n) is 32.9. The number of ether oxygens (including phenoxy) is 7. The summed E-state index contributed by atoms with van der Waals surface area (Å²) in [4.78, 5) is 20.9. The Balaban J connectivity index is 1.82. The summed E-state index contributed by atoms with van der Waals surface area (Å²) >= 11 is 0. The van der Waals surface area contributed by atoms with E-state index in [2.05, 4.69) is 0 Å². The van der Waals surface area contributed by atoms with Crippen LogP contribution in [-0.4, -0.2) is 149 Å². The van der Waals surface area contributed by atoms with E-state index in [-0.39, 0.29) is 25.0 Å². The standard InChI is InChI=1S/C37H66N2O12/c1-14-25-37(10,44)31-22(6)38-32(50-31)18(2)16-35(8,43)30(51-34-27(40)24(39(11)12)15-19(3)46-34)20(4)28(21(5)33(42)48-25)49-26-17-36(9,45-13)29(41)23(7)47-26/h18-31,34,40-41,43-44H,14-17H2,1-13H3/t18-,19-,20+,21-,22-,23+,24+,25?,26+,27-,28?,29+,30-,31-,34+,35-,36-,37-/m1/s1. The van der Waals surface area contributed by atoms with Crippen LogP contribution in [0.2, 0.25) is 0 Å². The molecule has 3 fully saturated rings. The molecule has 0 aromatic heterocycles. The summed E-state index contributed by atoms with van der Waals surface area (Å²) in [5, 5.41) is 46.8. The summed E-state index contributed by atoms with van der Waals surface area (Å²) in [5.41, 5.74) is -4.22. The van der Waals surface area contributed by atoms with Crippen LogP contribution in [0, 0.1) is 17.8 Å². The van der Waals surface area contributed by atoms with Gasteiger partial charge in [-0.2, -0.15) is 0 Å². The van der Waals surface area contributed by atoms with Crippen LogP contribution >= 0.6 is 0 Å². The number of esters is 1. The maximum atomic E-state index is 14.2. The van der Waals surface area contributed by atoms with Gasteiger partial charge in [-0.1, -0.05) is 20.8 Å². The number of rotatable bonds is 7. The normalized spacial score (nSPS) is 50.3. The highest BCUT2D eigenvalue weighted by molar-refractivity contribution is 5.80. The lowest BCUT2D eigenvalue weighted by atomic mass is 9.77. The molecule has 14 nitrogen and oxygen atoms in total. The summed E-state index contributed by atoms with van der Waals surface area (Å²) in [6.07, 6.45) is -7.58. The minimum absolute atomic E-state index is 0.117. The third-order valence-corrected chi connectivity index (χ3v) is 11.8. The third-order valence-electron chi connectivity index (χ3n) is 11.8. The molecule has 2 unspecified atom stereocenters. The van der Waals surface area contributed by atoms with Crippen molar-refractivity contribution in [3.8, 4) is 0 Å². The maximum absolute atomic E-state index is 14.2. The van der Waals surface area contributed by atoms with Crippen molar-refractivity contribution in [3.63, 3.8) is 0 Å². The quantitative estimate of drug-likeness (QED) is 0.281. The van der Waals surface area contributed by atoms with Crippen LogP contribution in [0.4, 0.5) is 0 Å². The Bertz CT molecular complexity index is 1220. The summed E-state index contributed by atoms with van der Waals surface area (Å²) in [7, 11) is 5.28. The van der Waals surface area contributed by atoms with Crippen molar-refractivity contribution in [1.29, 1.82) is 0 Å². The Morgan fingerprint density at radius 3 is 2.20 bits per heavy atom. The van der Waals surface area contributed by atoms with Crippen molar-refractivity contribution in [2.75, 3.05) is 21.2 Å². The molecule has 0 aromatic carbocycles. The van der Waals surface area contributed by atoms with Crippen LogP contribution in [-0.2, 0) is 38.0 Å². The number of aliphatic hydroxyl groups excluding tert-OH is 2. The highest BCUT2D eigenvalue weighted by Gasteiger charge is 2.54. The second-order valence-corrected chi connectivity index (χ2v) is 16.6. The first-order chi connectivity index (χ1) is 23.6. The number of hydrogen-bond donors (Lipinski definition) is 4. The van der Waals surface area contributed by atoms with Gasteiger partial charge in [-0.05, 0) is 81.8 Å². The van der Waals surface area contributed by atoms with E-state index in [1.165, 1.54) is 7.11 Å². The Labute approximate surface area is 304 Å². The van der Waals surface area contributed by atoms with Gasteiger partial charge in [-0.15, -0.1) is 0 Å². The Hall–Kier alpha value is -1.46. The van der Waals surface area contributed by atoms with Crippen LogP contribution in [0.25, 0.3) is 0 Å². The minimum Gasteiger partial charge on any atom is -0.472 e. The predicted octanol–water partition coefficient (Wildman–Crippen LogP) is 2.41. The van der Waals surface area contributed by atoms with E-state index in [0.29, 0.717) is 18.7 Å². The summed E-state index contributed by atoms with van der Waals surface area (Å²) < 4.78 is 43.9. The fourth-order valence-corrected chi connectivity index (χ4v) is 8.66. The van der Waals surface area contributed by atoms with Crippen molar-refractivity contribution in [1.82, 2.24) is 4.90 Å². The average Bonchev–Trinajstić information content (AvgIpc) is 3.46. The first-order valence-electron chi connectivity index (χ1n) is 18.7. The van der Waals surface area contributed by atoms with Gasteiger partial charge in [0.15, 0.2) is 24.6 Å². The summed E-state index contributed by atoms with van der Waals surface area (Å²) in [6, 6.07) is -0.725. The highest BCUT2D eigenvalue weighted by Crippen LogP contribution is 2.41. The number of fused-ring (bicyclic) bond motifs is 2. The molecule has 4 aliphatic heterocycles. The number of carbonyl (C=O) groups is 1. The first-order valence-corrected chi connectivity index (χ1v) is 18.7. The van der Waals surface area contributed by atoms with Gasteiger partial charge in [-0.3, -0.25) is 4.79 Å². The molecule has 2 bridgehead atoms. The fraction of sp³-hybridized carbons (Fsp3) is 0.946. The number of carbonyl (C=O) groups excluding carboxylic acids is 1. The second-order valence-electron chi connectivity index (χ2n) is 16.6. The molecule has 0 radical (unpaired) electrons. The van der Waals surface area contributed by atoms with Gasteiger partial charge in [0.25, 0.3) is 0 Å². The Morgan fingerprint density at radius 1 is 0.961 bits per heavy atom. The maximum Gasteiger partial charge on any atom is 0.311 e. The molecule has 14 heteroatoms. The number of methoxy groups -OCH3 is 1. The van der Waals surface area contributed by atoms with E-state index in [0.717, 1.165) is 0 Å². The van der Waals surface area contributed by atoms with Gasteiger partial charge in [0.05, 0.1) is 47.6 Å². The van der Waals surface area contributed by atoms with E-state index in [1.54, 1.807) is 34.6 Å². The topological polar surface area (TPSA) is 178 Å². The molecule has 3 saturated heterocycles. The molecule has 0 aliphatic carbocycles. The van der Waals surface area contributed by atoms with Gasteiger partial charge in [0.2, 0.25) is 0 Å². The molecule has 4 heterocycles. The predicted molar refractivity (Wildman–Crippen MR) is 188 cm³/mol. The van der Waals surface area contributed by atoms with Crippen molar-refractivity contribution < 1.29 is 58.4 Å². The lowest BCUT2D eigenvalue weighted by Gasteiger charge is -2.49. The molecular weight excluding hydrogens is 664 g/mol. The Kier molecular flexibility index (Phi) is 13.4. The second kappa shape index (κ2) is 16.1. The van der Waals surface area contributed by atoms with Crippen LogP contribution in [0.3, 0.4) is 0 Å². The lowest BCUT2D eigenvalue weighted by molar-refractivity contribution is -0.318. The van der Waals surface area contributed by atoms with E-state index in [9.17, 15) is 25.2 Å². The zero-order valence-corrected chi connectivity index (χ0v) is 32.9. The largest absolute Gasteiger partial charge is 0.472 e. The molecule has 0 saturated carbocycles. The molecule has 4 N–H and O–H groups in total. The number of nitrogens with zero attached hydrogens (tertiary/aromatic N) is 2. The molecule has 0 aromatic rings. The molecular formula is C37H66N2O12. The van der Waals surface area contributed by atoms with E-state index < -0.39 is 102 Å². The van der Waals surface area contributed by atoms with Crippen molar-refractivity contribution in [2.45, 2.75) is 185 Å².